The van der Waals surface area contributed by atoms with E-state index < -0.39 is 0 Å². The molecule has 0 aromatic heterocycles. The second-order valence-electron chi connectivity index (χ2n) is 5.33. The van der Waals surface area contributed by atoms with Gasteiger partial charge in [-0.3, -0.25) is 4.90 Å². The third kappa shape index (κ3) is 4.80. The van der Waals surface area contributed by atoms with Crippen molar-refractivity contribution in [2.75, 3.05) is 13.6 Å². The van der Waals surface area contributed by atoms with E-state index in [-0.39, 0.29) is 0 Å². The molecule has 0 unspecified atom stereocenters. The highest BCUT2D eigenvalue weighted by atomic mass is 15.1. The summed E-state index contributed by atoms with van der Waals surface area (Å²) in [5.74, 6) is 0. The summed E-state index contributed by atoms with van der Waals surface area (Å²) in [6.07, 6.45) is 0. The van der Waals surface area contributed by atoms with E-state index in [4.69, 9.17) is 0 Å². The lowest BCUT2D eigenvalue weighted by molar-refractivity contribution is 0.234. The van der Waals surface area contributed by atoms with Gasteiger partial charge in [0, 0.05) is 25.7 Å². The molecular formula is C18H24N2. The first-order valence-corrected chi connectivity index (χ1v) is 7.25. The fraction of sp³-hybridized carbons (Fsp3) is 0.333. The van der Waals surface area contributed by atoms with Crippen LogP contribution < -0.4 is 5.32 Å². The zero-order valence-corrected chi connectivity index (χ0v) is 12.4. The molecule has 0 saturated carbocycles. The van der Waals surface area contributed by atoms with Crippen LogP contribution in [0.1, 0.15) is 18.1 Å². The third-order valence-electron chi connectivity index (χ3n) is 3.52. The van der Waals surface area contributed by atoms with Gasteiger partial charge < -0.3 is 5.32 Å². The van der Waals surface area contributed by atoms with Crippen molar-refractivity contribution in [3.05, 3.63) is 71.8 Å². The van der Waals surface area contributed by atoms with Crippen LogP contribution in [-0.4, -0.2) is 24.5 Å². The Morgan fingerprint density at radius 2 is 1.30 bits per heavy atom. The number of benzene rings is 2. The summed E-state index contributed by atoms with van der Waals surface area (Å²) in [4.78, 5) is 2.49. The maximum Gasteiger partial charge on any atom is 0.0237 e. The number of hydrogen-bond donors (Lipinski definition) is 1. The lowest BCUT2D eigenvalue weighted by Gasteiger charge is -2.26. The second kappa shape index (κ2) is 7.83. The van der Waals surface area contributed by atoms with Gasteiger partial charge in [0.2, 0.25) is 0 Å². The van der Waals surface area contributed by atoms with E-state index in [0.717, 1.165) is 19.6 Å². The summed E-state index contributed by atoms with van der Waals surface area (Å²) in [5, 5.41) is 3.33. The fourth-order valence-corrected chi connectivity index (χ4v) is 2.35. The van der Waals surface area contributed by atoms with E-state index in [0.29, 0.717) is 6.04 Å². The summed E-state index contributed by atoms with van der Waals surface area (Å²) in [6.45, 7) is 5.24. The van der Waals surface area contributed by atoms with Crippen molar-refractivity contribution in [1.82, 2.24) is 10.2 Å². The van der Waals surface area contributed by atoms with Crippen LogP contribution in [0.5, 0.6) is 0 Å². The first kappa shape index (κ1) is 14.8. The molecule has 2 heteroatoms. The van der Waals surface area contributed by atoms with Gasteiger partial charge >= 0.3 is 0 Å². The number of hydrogen-bond acceptors (Lipinski definition) is 2. The molecule has 0 heterocycles. The van der Waals surface area contributed by atoms with E-state index in [1.807, 2.05) is 7.05 Å². The Kier molecular flexibility index (Phi) is 5.78. The molecule has 0 aliphatic heterocycles. The van der Waals surface area contributed by atoms with E-state index in [2.05, 4.69) is 77.8 Å². The molecule has 1 N–H and O–H groups in total. The SMILES string of the molecule is CN[C@H](C)CN(Cc1ccccc1)Cc1ccccc1. The minimum absolute atomic E-state index is 0.488. The third-order valence-corrected chi connectivity index (χ3v) is 3.52. The van der Waals surface area contributed by atoms with Crippen LogP contribution >= 0.6 is 0 Å². The van der Waals surface area contributed by atoms with Gasteiger partial charge in [0.05, 0.1) is 0 Å². The van der Waals surface area contributed by atoms with Crippen LogP contribution in [0.25, 0.3) is 0 Å². The standard InChI is InChI=1S/C18H24N2/c1-16(19-2)13-20(14-17-9-5-3-6-10-17)15-18-11-7-4-8-12-18/h3-12,16,19H,13-15H2,1-2H3/t16-/m1/s1. The van der Waals surface area contributed by atoms with E-state index >= 15 is 0 Å². The monoisotopic (exact) mass is 268 g/mol. The molecule has 0 aliphatic carbocycles. The van der Waals surface area contributed by atoms with Gasteiger partial charge in [-0.25, -0.2) is 0 Å². The first-order chi connectivity index (χ1) is 9.78. The summed E-state index contributed by atoms with van der Waals surface area (Å²) >= 11 is 0. The molecule has 0 spiro atoms. The number of nitrogens with one attached hydrogen (secondary N) is 1. The van der Waals surface area contributed by atoms with E-state index in [1.54, 1.807) is 0 Å². The van der Waals surface area contributed by atoms with E-state index in [1.165, 1.54) is 11.1 Å². The zero-order chi connectivity index (χ0) is 14.2. The molecule has 0 fully saturated rings. The molecule has 2 aromatic rings. The van der Waals surface area contributed by atoms with Gasteiger partial charge in [0.25, 0.3) is 0 Å². The number of nitrogens with zero attached hydrogens (tertiary/aromatic N) is 1. The molecule has 1 atom stereocenters. The molecule has 0 saturated heterocycles. The van der Waals surface area contributed by atoms with Crippen LogP contribution in [0.15, 0.2) is 60.7 Å². The predicted molar refractivity (Wildman–Crippen MR) is 85.5 cm³/mol. The zero-order valence-electron chi connectivity index (χ0n) is 12.4. The molecule has 0 amide bonds. The van der Waals surface area contributed by atoms with Crippen LogP contribution in [0.3, 0.4) is 0 Å². The van der Waals surface area contributed by atoms with Crippen molar-refractivity contribution < 1.29 is 0 Å². The highest BCUT2D eigenvalue weighted by Gasteiger charge is 2.10. The average molecular weight is 268 g/mol. The maximum atomic E-state index is 3.33. The Hall–Kier alpha value is -1.64. The number of likely N-dealkylation sites (N-methyl/N-ethyl adjacent to an activating group) is 1. The van der Waals surface area contributed by atoms with Gasteiger partial charge in [-0.1, -0.05) is 60.7 Å². The minimum Gasteiger partial charge on any atom is -0.316 e. The molecule has 2 rings (SSSR count). The van der Waals surface area contributed by atoms with Crippen molar-refractivity contribution in [1.29, 1.82) is 0 Å². The molecule has 2 nitrogen and oxygen atoms in total. The molecular weight excluding hydrogens is 244 g/mol. The Morgan fingerprint density at radius 3 is 1.70 bits per heavy atom. The minimum atomic E-state index is 0.488. The second-order valence-corrected chi connectivity index (χ2v) is 5.33. The van der Waals surface area contributed by atoms with Crippen LogP contribution in [-0.2, 0) is 13.1 Å². The maximum absolute atomic E-state index is 3.33. The van der Waals surface area contributed by atoms with Gasteiger partial charge in [0.15, 0.2) is 0 Å². The fourth-order valence-electron chi connectivity index (χ4n) is 2.35. The predicted octanol–water partition coefficient (Wildman–Crippen LogP) is 3.30. The molecule has 106 valence electrons. The molecule has 0 radical (unpaired) electrons. The van der Waals surface area contributed by atoms with Crippen molar-refractivity contribution in [3.63, 3.8) is 0 Å². The molecule has 0 bridgehead atoms. The van der Waals surface area contributed by atoms with Crippen LogP contribution in [0.2, 0.25) is 0 Å². The Labute approximate surface area is 122 Å². The van der Waals surface area contributed by atoms with Crippen LogP contribution in [0, 0.1) is 0 Å². The topological polar surface area (TPSA) is 15.3 Å². The van der Waals surface area contributed by atoms with E-state index in [9.17, 15) is 0 Å². The van der Waals surface area contributed by atoms with Crippen molar-refractivity contribution in [2.24, 2.45) is 0 Å². The molecule has 2 aromatic carbocycles. The highest BCUT2D eigenvalue weighted by molar-refractivity contribution is 5.17. The summed E-state index contributed by atoms with van der Waals surface area (Å²) in [7, 11) is 2.02. The Morgan fingerprint density at radius 1 is 0.850 bits per heavy atom. The smallest absolute Gasteiger partial charge is 0.0237 e. The summed E-state index contributed by atoms with van der Waals surface area (Å²) in [6, 6.07) is 21.9. The number of rotatable bonds is 7. The lowest BCUT2D eigenvalue weighted by atomic mass is 10.1. The molecule has 0 aliphatic rings. The Bertz CT molecular complexity index is 440. The van der Waals surface area contributed by atoms with Crippen molar-refractivity contribution in [3.8, 4) is 0 Å². The Balaban J connectivity index is 2.04. The van der Waals surface area contributed by atoms with Gasteiger partial charge in [-0.15, -0.1) is 0 Å². The van der Waals surface area contributed by atoms with Crippen LogP contribution in [0.4, 0.5) is 0 Å². The first-order valence-electron chi connectivity index (χ1n) is 7.25. The summed E-state index contributed by atoms with van der Waals surface area (Å²) < 4.78 is 0. The largest absolute Gasteiger partial charge is 0.316 e. The highest BCUT2D eigenvalue weighted by Crippen LogP contribution is 2.10. The van der Waals surface area contributed by atoms with Crippen molar-refractivity contribution >= 4 is 0 Å². The average Bonchev–Trinajstić information content (AvgIpc) is 2.49. The van der Waals surface area contributed by atoms with Crippen molar-refractivity contribution in [2.45, 2.75) is 26.1 Å². The quantitative estimate of drug-likeness (QED) is 0.829. The van der Waals surface area contributed by atoms with Gasteiger partial charge in [-0.2, -0.15) is 0 Å². The summed E-state index contributed by atoms with van der Waals surface area (Å²) in [5.41, 5.74) is 2.73. The van der Waals surface area contributed by atoms with Gasteiger partial charge in [-0.05, 0) is 25.1 Å². The normalized spacial score (nSPS) is 12.6. The molecule has 20 heavy (non-hydrogen) atoms. The van der Waals surface area contributed by atoms with Gasteiger partial charge in [0.1, 0.15) is 0 Å². The lowest BCUT2D eigenvalue weighted by Crippen LogP contribution is -2.36.